The van der Waals surface area contributed by atoms with Crippen molar-refractivity contribution in [3.8, 4) is 6.07 Å². The molecule has 5 heteroatoms. The van der Waals surface area contributed by atoms with E-state index in [0.717, 1.165) is 25.2 Å². The van der Waals surface area contributed by atoms with E-state index in [2.05, 4.69) is 11.8 Å². The minimum atomic E-state index is -0.475. The molecule has 2 rings (SSSR count). The minimum Gasteiger partial charge on any atom is -0.370 e. The van der Waals surface area contributed by atoms with Crippen molar-refractivity contribution in [2.24, 2.45) is 5.92 Å². The summed E-state index contributed by atoms with van der Waals surface area (Å²) in [5.41, 5.74) is 1.16. The number of hydrogen-bond acceptors (Lipinski definition) is 4. The molecule has 1 heterocycles. The highest BCUT2D eigenvalue weighted by Crippen LogP contribution is 2.29. The van der Waals surface area contributed by atoms with Gasteiger partial charge in [0.15, 0.2) is 0 Å². The van der Waals surface area contributed by atoms with Crippen LogP contribution in [0.5, 0.6) is 0 Å². The summed E-state index contributed by atoms with van der Waals surface area (Å²) in [6.45, 7) is 3.98. The molecule has 0 saturated carbocycles. The van der Waals surface area contributed by atoms with Crippen molar-refractivity contribution < 1.29 is 4.92 Å². The summed E-state index contributed by atoms with van der Waals surface area (Å²) in [6, 6.07) is 6.51. The zero-order valence-electron chi connectivity index (χ0n) is 9.59. The van der Waals surface area contributed by atoms with Crippen molar-refractivity contribution in [2.75, 3.05) is 18.0 Å². The first kappa shape index (κ1) is 11.4. The van der Waals surface area contributed by atoms with Gasteiger partial charge in [0.1, 0.15) is 6.07 Å². The molecule has 1 fully saturated rings. The molecule has 0 spiro atoms. The molecule has 0 amide bonds. The van der Waals surface area contributed by atoms with Crippen LogP contribution >= 0.6 is 0 Å². The van der Waals surface area contributed by atoms with E-state index in [9.17, 15) is 10.1 Å². The summed E-state index contributed by atoms with van der Waals surface area (Å²) in [6.07, 6.45) is 1.10. The Bertz CT molecular complexity index is 493. The Hall–Kier alpha value is -2.09. The van der Waals surface area contributed by atoms with Crippen LogP contribution < -0.4 is 4.90 Å². The second-order valence-electron chi connectivity index (χ2n) is 4.41. The molecule has 1 aromatic rings. The molecule has 17 heavy (non-hydrogen) atoms. The molecule has 0 aliphatic carbocycles. The van der Waals surface area contributed by atoms with Gasteiger partial charge >= 0.3 is 0 Å². The number of nitriles is 1. The highest BCUT2D eigenvalue weighted by Gasteiger charge is 2.22. The van der Waals surface area contributed by atoms with Gasteiger partial charge < -0.3 is 4.90 Å². The lowest BCUT2D eigenvalue weighted by atomic mass is 10.1. The van der Waals surface area contributed by atoms with Gasteiger partial charge in [0, 0.05) is 25.2 Å². The first-order chi connectivity index (χ1) is 8.11. The molecule has 0 radical (unpaired) electrons. The van der Waals surface area contributed by atoms with Gasteiger partial charge in [-0.1, -0.05) is 6.92 Å². The van der Waals surface area contributed by atoms with E-state index in [1.165, 1.54) is 12.1 Å². The normalized spacial score (nSPS) is 19.1. The van der Waals surface area contributed by atoms with Gasteiger partial charge in [-0.05, 0) is 18.4 Å². The number of anilines is 1. The minimum absolute atomic E-state index is 0.0301. The standard InChI is InChI=1S/C12H13N3O2/c1-9-4-5-14(8-9)12-3-2-11(15(16)17)6-10(12)7-13/h2-3,6,9H,4-5,8H2,1H3. The predicted molar refractivity (Wildman–Crippen MR) is 63.8 cm³/mol. The van der Waals surface area contributed by atoms with Crippen molar-refractivity contribution in [3.63, 3.8) is 0 Å². The summed E-state index contributed by atoms with van der Waals surface area (Å²) in [5.74, 6) is 0.608. The summed E-state index contributed by atoms with van der Waals surface area (Å²) >= 11 is 0. The first-order valence-electron chi connectivity index (χ1n) is 5.55. The van der Waals surface area contributed by atoms with E-state index < -0.39 is 4.92 Å². The van der Waals surface area contributed by atoms with Crippen LogP contribution in [-0.4, -0.2) is 18.0 Å². The number of hydrogen-bond donors (Lipinski definition) is 0. The second-order valence-corrected chi connectivity index (χ2v) is 4.41. The number of non-ortho nitro benzene ring substituents is 1. The van der Waals surface area contributed by atoms with Crippen LogP contribution in [0.25, 0.3) is 0 Å². The first-order valence-corrected chi connectivity index (χ1v) is 5.55. The van der Waals surface area contributed by atoms with E-state index in [0.29, 0.717) is 11.5 Å². The molecule has 0 aromatic heterocycles. The average Bonchev–Trinajstić information content (AvgIpc) is 2.74. The van der Waals surface area contributed by atoms with Crippen LogP contribution in [0.3, 0.4) is 0 Å². The van der Waals surface area contributed by atoms with E-state index in [4.69, 9.17) is 5.26 Å². The fourth-order valence-electron chi connectivity index (χ4n) is 2.16. The summed E-state index contributed by atoms with van der Waals surface area (Å²) in [5, 5.41) is 19.7. The fraction of sp³-hybridized carbons (Fsp3) is 0.417. The van der Waals surface area contributed by atoms with Crippen molar-refractivity contribution in [2.45, 2.75) is 13.3 Å². The summed E-state index contributed by atoms with van der Waals surface area (Å²) in [7, 11) is 0. The third kappa shape index (κ3) is 2.21. The van der Waals surface area contributed by atoms with Gasteiger partial charge in [0.25, 0.3) is 5.69 Å². The Morgan fingerprint density at radius 2 is 2.35 bits per heavy atom. The number of benzene rings is 1. The highest BCUT2D eigenvalue weighted by atomic mass is 16.6. The predicted octanol–water partition coefficient (Wildman–Crippen LogP) is 2.31. The lowest BCUT2D eigenvalue weighted by molar-refractivity contribution is -0.384. The lowest BCUT2D eigenvalue weighted by Crippen LogP contribution is -2.20. The summed E-state index contributed by atoms with van der Waals surface area (Å²) < 4.78 is 0. The van der Waals surface area contributed by atoms with Crippen LogP contribution in [0.1, 0.15) is 18.9 Å². The van der Waals surface area contributed by atoms with Crippen LogP contribution in [0.4, 0.5) is 11.4 Å². The average molecular weight is 231 g/mol. The molecular formula is C12H13N3O2. The fourth-order valence-corrected chi connectivity index (χ4v) is 2.16. The quantitative estimate of drug-likeness (QED) is 0.578. The SMILES string of the molecule is CC1CCN(c2ccc([N+](=O)[O-])cc2C#N)C1. The highest BCUT2D eigenvalue weighted by molar-refractivity contribution is 5.63. The zero-order chi connectivity index (χ0) is 12.4. The monoisotopic (exact) mass is 231 g/mol. The van der Waals surface area contributed by atoms with E-state index >= 15 is 0 Å². The summed E-state index contributed by atoms with van der Waals surface area (Å²) in [4.78, 5) is 12.3. The Morgan fingerprint density at radius 1 is 1.59 bits per heavy atom. The Balaban J connectivity index is 2.35. The van der Waals surface area contributed by atoms with Gasteiger partial charge in [-0.2, -0.15) is 5.26 Å². The number of nitro groups is 1. The topological polar surface area (TPSA) is 70.2 Å². The second kappa shape index (κ2) is 4.42. The molecule has 1 unspecified atom stereocenters. The van der Waals surface area contributed by atoms with Crippen LogP contribution in [0.15, 0.2) is 18.2 Å². The third-order valence-corrected chi connectivity index (χ3v) is 3.08. The molecule has 5 nitrogen and oxygen atoms in total. The number of nitrogens with zero attached hydrogens (tertiary/aromatic N) is 3. The van der Waals surface area contributed by atoms with E-state index in [-0.39, 0.29) is 5.69 Å². The van der Waals surface area contributed by atoms with Crippen LogP contribution in [0, 0.1) is 27.4 Å². The van der Waals surface area contributed by atoms with Crippen molar-refractivity contribution >= 4 is 11.4 Å². The maximum Gasteiger partial charge on any atom is 0.270 e. The molecule has 1 aliphatic heterocycles. The van der Waals surface area contributed by atoms with E-state index in [1.54, 1.807) is 6.07 Å². The molecule has 0 bridgehead atoms. The van der Waals surface area contributed by atoms with Gasteiger partial charge in [0.05, 0.1) is 16.2 Å². The van der Waals surface area contributed by atoms with Crippen molar-refractivity contribution in [1.82, 2.24) is 0 Å². The molecular weight excluding hydrogens is 218 g/mol. The van der Waals surface area contributed by atoms with Crippen molar-refractivity contribution in [3.05, 3.63) is 33.9 Å². The third-order valence-electron chi connectivity index (χ3n) is 3.08. The lowest BCUT2D eigenvalue weighted by Gasteiger charge is -2.19. The Morgan fingerprint density at radius 3 is 2.88 bits per heavy atom. The van der Waals surface area contributed by atoms with Gasteiger partial charge in [-0.3, -0.25) is 10.1 Å². The molecule has 1 aromatic carbocycles. The van der Waals surface area contributed by atoms with E-state index in [1.807, 2.05) is 6.07 Å². The molecule has 88 valence electrons. The van der Waals surface area contributed by atoms with Gasteiger partial charge in [0.2, 0.25) is 0 Å². The molecule has 1 aliphatic rings. The zero-order valence-corrected chi connectivity index (χ0v) is 9.59. The van der Waals surface area contributed by atoms with Gasteiger partial charge in [-0.15, -0.1) is 0 Å². The Kier molecular flexibility index (Phi) is 2.96. The smallest absolute Gasteiger partial charge is 0.270 e. The Labute approximate surface area is 99.4 Å². The van der Waals surface area contributed by atoms with Gasteiger partial charge in [-0.25, -0.2) is 0 Å². The van der Waals surface area contributed by atoms with Crippen molar-refractivity contribution in [1.29, 1.82) is 5.26 Å². The van der Waals surface area contributed by atoms with Crippen LogP contribution in [-0.2, 0) is 0 Å². The molecule has 0 N–H and O–H groups in total. The number of nitro benzene ring substituents is 1. The van der Waals surface area contributed by atoms with Crippen LogP contribution in [0.2, 0.25) is 0 Å². The maximum atomic E-state index is 10.6. The molecule has 1 atom stereocenters. The number of rotatable bonds is 2. The maximum absolute atomic E-state index is 10.6. The molecule has 1 saturated heterocycles. The largest absolute Gasteiger partial charge is 0.370 e.